The Labute approximate surface area is 330 Å². The van der Waals surface area contributed by atoms with Gasteiger partial charge in [-0.15, -0.1) is 0 Å². The van der Waals surface area contributed by atoms with E-state index in [9.17, 15) is 0 Å². The quantitative estimate of drug-likeness (QED) is 0.158. The van der Waals surface area contributed by atoms with Crippen molar-refractivity contribution >= 4 is 54.8 Å². The maximum absolute atomic E-state index is 6.16. The molecule has 0 spiro atoms. The van der Waals surface area contributed by atoms with Crippen LogP contribution in [0.2, 0.25) is 0 Å². The molecule has 0 radical (unpaired) electrons. The number of fused-ring (bicyclic) bond motifs is 6. The van der Waals surface area contributed by atoms with E-state index in [1.165, 1.54) is 27.4 Å². The number of para-hydroxylation sites is 3. The molecule has 0 fully saturated rings. The van der Waals surface area contributed by atoms with Gasteiger partial charge in [0.15, 0.2) is 0 Å². The SMILES string of the molecule is C=C(/C=C\C(=C/N)c1cccc(-c2ccnc(-n3c4ccccc4c4cc(-c5ccc6c(c5)c5ccccc5n6-c5ccccc5)ccc43)n2)c1)c1ccccc1. The van der Waals surface area contributed by atoms with Gasteiger partial charge in [0.2, 0.25) is 5.95 Å². The van der Waals surface area contributed by atoms with Gasteiger partial charge in [-0.1, -0.05) is 134 Å². The fraction of sp³-hybridized carbons (Fsp3) is 0. The highest BCUT2D eigenvalue weighted by Gasteiger charge is 2.17. The first-order valence-corrected chi connectivity index (χ1v) is 19.1. The zero-order chi connectivity index (χ0) is 38.3. The Morgan fingerprint density at radius 2 is 1.07 bits per heavy atom. The Morgan fingerprint density at radius 1 is 0.491 bits per heavy atom. The minimum atomic E-state index is 0.612. The van der Waals surface area contributed by atoms with E-state index in [1.54, 1.807) is 6.20 Å². The molecular weight excluding hydrogens is 695 g/mol. The number of hydrogen-bond acceptors (Lipinski definition) is 3. The Hall–Kier alpha value is -7.76. The van der Waals surface area contributed by atoms with Crippen LogP contribution >= 0.6 is 0 Å². The van der Waals surface area contributed by atoms with Gasteiger partial charge < -0.3 is 10.3 Å². The van der Waals surface area contributed by atoms with Gasteiger partial charge in [-0.2, -0.15) is 0 Å². The second-order valence-corrected chi connectivity index (χ2v) is 14.2. The summed E-state index contributed by atoms with van der Waals surface area (Å²) < 4.78 is 4.52. The fourth-order valence-corrected chi connectivity index (χ4v) is 8.04. The summed E-state index contributed by atoms with van der Waals surface area (Å²) in [4.78, 5) is 9.99. The third-order valence-corrected chi connectivity index (χ3v) is 10.8. The van der Waals surface area contributed by atoms with E-state index >= 15 is 0 Å². The lowest BCUT2D eigenvalue weighted by atomic mass is 10.00. The molecule has 0 aliphatic rings. The molecule has 7 aromatic carbocycles. The Balaban J connectivity index is 1.03. The van der Waals surface area contributed by atoms with Crippen molar-refractivity contribution in [2.24, 2.45) is 5.73 Å². The van der Waals surface area contributed by atoms with Crippen LogP contribution < -0.4 is 5.73 Å². The number of allylic oxidation sites excluding steroid dienone is 4. The van der Waals surface area contributed by atoms with Gasteiger partial charge in [0.05, 0.1) is 27.8 Å². The third kappa shape index (κ3) is 5.99. The van der Waals surface area contributed by atoms with Gasteiger partial charge in [-0.05, 0) is 94.1 Å². The summed E-state index contributed by atoms with van der Waals surface area (Å²) in [6.07, 6.45) is 7.48. The minimum absolute atomic E-state index is 0.612. The minimum Gasteiger partial charge on any atom is -0.404 e. The largest absolute Gasteiger partial charge is 0.404 e. The number of rotatable bonds is 8. The fourth-order valence-electron chi connectivity index (χ4n) is 8.04. The lowest BCUT2D eigenvalue weighted by Gasteiger charge is -2.10. The van der Waals surface area contributed by atoms with E-state index in [1.807, 2.05) is 48.7 Å². The van der Waals surface area contributed by atoms with E-state index in [2.05, 4.69) is 161 Å². The highest BCUT2D eigenvalue weighted by molar-refractivity contribution is 6.12. The van der Waals surface area contributed by atoms with Gasteiger partial charge in [0.1, 0.15) is 0 Å². The molecule has 57 heavy (non-hydrogen) atoms. The summed E-state index contributed by atoms with van der Waals surface area (Å²) in [5.41, 5.74) is 19.8. The van der Waals surface area contributed by atoms with Gasteiger partial charge in [0, 0.05) is 45.2 Å². The zero-order valence-electron chi connectivity index (χ0n) is 31.1. The molecule has 0 atom stereocenters. The van der Waals surface area contributed by atoms with Crippen LogP contribution in [0.1, 0.15) is 11.1 Å². The zero-order valence-corrected chi connectivity index (χ0v) is 31.1. The highest BCUT2D eigenvalue weighted by Crippen LogP contribution is 2.38. The smallest absolute Gasteiger partial charge is 0.235 e. The first kappa shape index (κ1) is 33.8. The van der Waals surface area contributed by atoms with Crippen molar-refractivity contribution < 1.29 is 0 Å². The maximum atomic E-state index is 6.16. The molecule has 0 amide bonds. The molecule has 5 nitrogen and oxygen atoms in total. The Kier molecular flexibility index (Phi) is 8.38. The van der Waals surface area contributed by atoms with Gasteiger partial charge in [-0.25, -0.2) is 9.97 Å². The molecule has 3 heterocycles. The van der Waals surface area contributed by atoms with Crippen LogP contribution in [0, 0.1) is 0 Å². The lowest BCUT2D eigenvalue weighted by Crippen LogP contribution is -2.01. The van der Waals surface area contributed by atoms with E-state index < -0.39 is 0 Å². The summed E-state index contributed by atoms with van der Waals surface area (Å²) in [7, 11) is 0. The third-order valence-electron chi connectivity index (χ3n) is 10.8. The van der Waals surface area contributed by atoms with Crippen LogP contribution in [0.25, 0.3) is 88.8 Å². The van der Waals surface area contributed by atoms with Gasteiger partial charge in [-0.3, -0.25) is 4.57 Å². The van der Waals surface area contributed by atoms with Gasteiger partial charge in [0.25, 0.3) is 0 Å². The molecule has 2 N–H and O–H groups in total. The molecule has 0 aliphatic carbocycles. The molecule has 270 valence electrons. The lowest BCUT2D eigenvalue weighted by molar-refractivity contribution is 0.992. The molecule has 5 heteroatoms. The Bertz CT molecular complexity index is 3200. The van der Waals surface area contributed by atoms with E-state index in [0.29, 0.717) is 5.95 Å². The molecule has 0 bridgehead atoms. The van der Waals surface area contributed by atoms with Crippen molar-refractivity contribution in [3.05, 3.63) is 218 Å². The van der Waals surface area contributed by atoms with E-state index in [4.69, 9.17) is 15.7 Å². The normalized spacial score (nSPS) is 12.0. The van der Waals surface area contributed by atoms with Crippen molar-refractivity contribution in [2.45, 2.75) is 0 Å². The van der Waals surface area contributed by atoms with E-state index in [-0.39, 0.29) is 0 Å². The van der Waals surface area contributed by atoms with E-state index in [0.717, 1.165) is 66.6 Å². The first-order valence-electron chi connectivity index (χ1n) is 19.1. The monoisotopic (exact) mass is 731 g/mol. The van der Waals surface area contributed by atoms with Crippen LogP contribution in [-0.4, -0.2) is 19.1 Å². The summed E-state index contributed by atoms with van der Waals surface area (Å²) >= 11 is 0. The second kappa shape index (κ2) is 14.1. The molecule has 10 rings (SSSR count). The molecule has 0 saturated carbocycles. The van der Waals surface area contributed by atoms with Crippen molar-refractivity contribution in [2.75, 3.05) is 0 Å². The molecule has 0 saturated heterocycles. The van der Waals surface area contributed by atoms with Gasteiger partial charge >= 0.3 is 0 Å². The van der Waals surface area contributed by atoms with Crippen molar-refractivity contribution in [3.8, 4) is 34.0 Å². The standard InChI is InChI=1S/C52H37N5/c1-35(36-13-4-2-5-14-36)23-24-41(34-53)37-15-12-16-40(31-37)47-29-30-54-52(55-47)57-49-22-11-9-20-44(49)46-33-39(26-28-51(46)57)38-25-27-50-45(32-38)43-19-8-10-21-48(43)56(50)42-17-6-3-7-18-42/h2-34H,1,53H2/b24-23-,41-34+. The maximum Gasteiger partial charge on any atom is 0.235 e. The summed E-state index contributed by atoms with van der Waals surface area (Å²) in [5.74, 6) is 0.612. The summed E-state index contributed by atoms with van der Waals surface area (Å²) in [6.45, 7) is 4.24. The number of nitrogens with two attached hydrogens (primary N) is 1. The second-order valence-electron chi connectivity index (χ2n) is 14.2. The number of aromatic nitrogens is 4. The van der Waals surface area contributed by atoms with Crippen LogP contribution in [0.5, 0.6) is 0 Å². The number of nitrogens with zero attached hydrogens (tertiary/aromatic N) is 4. The van der Waals surface area contributed by atoms with Crippen molar-refractivity contribution in [1.82, 2.24) is 19.1 Å². The molecule has 3 aromatic heterocycles. The molecule has 10 aromatic rings. The number of hydrogen-bond donors (Lipinski definition) is 1. The highest BCUT2D eigenvalue weighted by atomic mass is 15.2. The predicted octanol–water partition coefficient (Wildman–Crippen LogP) is 12.6. The topological polar surface area (TPSA) is 61.7 Å². The molecule has 0 unspecified atom stereocenters. The summed E-state index contributed by atoms with van der Waals surface area (Å²) in [5, 5.41) is 4.76. The average molecular weight is 732 g/mol. The molecular formula is C52H37N5. The van der Waals surface area contributed by atoms with Crippen molar-refractivity contribution in [1.29, 1.82) is 0 Å². The van der Waals surface area contributed by atoms with Crippen molar-refractivity contribution in [3.63, 3.8) is 0 Å². The number of benzene rings is 7. The predicted molar refractivity (Wildman–Crippen MR) is 238 cm³/mol. The molecule has 0 aliphatic heterocycles. The first-order chi connectivity index (χ1) is 28.1. The van der Waals surface area contributed by atoms with Crippen LogP contribution in [0.3, 0.4) is 0 Å². The van der Waals surface area contributed by atoms with Crippen LogP contribution in [-0.2, 0) is 0 Å². The Morgan fingerprint density at radius 3 is 1.75 bits per heavy atom. The average Bonchev–Trinajstić information content (AvgIpc) is 3.79. The van der Waals surface area contributed by atoms with Crippen LogP contribution in [0.15, 0.2) is 207 Å². The summed E-state index contributed by atoms with van der Waals surface area (Å²) in [6, 6.07) is 61.6. The van der Waals surface area contributed by atoms with Crippen LogP contribution in [0.4, 0.5) is 0 Å².